The van der Waals surface area contributed by atoms with Gasteiger partial charge in [-0.1, -0.05) is 46.3 Å². The number of halogens is 1. The maximum absolute atomic E-state index is 12.0. The fraction of sp³-hybridized carbons (Fsp3) is 0.350. The molecule has 4 heteroatoms. The Bertz CT molecular complexity index is 716. The minimum atomic E-state index is 0.0861. The summed E-state index contributed by atoms with van der Waals surface area (Å²) in [5, 5.41) is 3.03. The van der Waals surface area contributed by atoms with Gasteiger partial charge in [0.05, 0.1) is 6.42 Å². The lowest BCUT2D eigenvalue weighted by Gasteiger charge is -2.24. The molecule has 0 fully saturated rings. The number of carbonyl (C=O) groups is 1. The molecule has 1 aliphatic heterocycles. The molecular formula is C20H23BrN2O. The first-order valence-corrected chi connectivity index (χ1v) is 9.28. The van der Waals surface area contributed by atoms with Crippen molar-refractivity contribution in [3.05, 3.63) is 64.1 Å². The van der Waals surface area contributed by atoms with Crippen LogP contribution in [0.2, 0.25) is 0 Å². The first-order chi connectivity index (χ1) is 11.6. The van der Waals surface area contributed by atoms with E-state index in [0.717, 1.165) is 36.0 Å². The van der Waals surface area contributed by atoms with E-state index in [4.69, 9.17) is 0 Å². The Morgan fingerprint density at radius 2 is 2.08 bits per heavy atom. The van der Waals surface area contributed by atoms with Crippen LogP contribution in [0.1, 0.15) is 24.5 Å². The van der Waals surface area contributed by atoms with Crippen LogP contribution >= 0.6 is 15.9 Å². The molecule has 1 unspecified atom stereocenters. The highest BCUT2D eigenvalue weighted by Gasteiger charge is 2.24. The molecule has 2 aromatic carbocycles. The van der Waals surface area contributed by atoms with Crippen LogP contribution in [0.3, 0.4) is 0 Å². The molecule has 0 saturated heterocycles. The highest BCUT2D eigenvalue weighted by molar-refractivity contribution is 9.10. The summed E-state index contributed by atoms with van der Waals surface area (Å²) in [5.41, 5.74) is 3.82. The summed E-state index contributed by atoms with van der Waals surface area (Å²) < 4.78 is 1.01. The van der Waals surface area contributed by atoms with Gasteiger partial charge in [-0.3, -0.25) is 4.79 Å². The van der Waals surface area contributed by atoms with Crippen LogP contribution in [-0.4, -0.2) is 25.0 Å². The predicted molar refractivity (Wildman–Crippen MR) is 102 cm³/mol. The van der Waals surface area contributed by atoms with Crippen molar-refractivity contribution in [1.82, 2.24) is 5.32 Å². The number of para-hydroxylation sites is 1. The number of carbonyl (C=O) groups excluding carboxylic acids is 1. The van der Waals surface area contributed by atoms with Crippen LogP contribution in [0.5, 0.6) is 0 Å². The number of nitrogens with zero attached hydrogens (tertiary/aromatic N) is 1. The largest absolute Gasteiger partial charge is 0.368 e. The standard InChI is InChI=1S/C20H23BrN2O/c1-15-12-17-7-2-3-9-19(17)23(15)11-5-10-22-20(24)14-16-6-4-8-18(21)13-16/h2-4,6-9,13,15H,5,10-12,14H2,1H3,(H,22,24). The van der Waals surface area contributed by atoms with Crippen molar-refractivity contribution in [3.63, 3.8) is 0 Å². The molecule has 1 atom stereocenters. The van der Waals surface area contributed by atoms with Crippen LogP contribution in [0.15, 0.2) is 53.0 Å². The first kappa shape index (κ1) is 17.0. The Hall–Kier alpha value is -1.81. The van der Waals surface area contributed by atoms with Crippen molar-refractivity contribution < 1.29 is 4.79 Å². The maximum atomic E-state index is 12.0. The van der Waals surface area contributed by atoms with Gasteiger partial charge in [-0.15, -0.1) is 0 Å². The fourth-order valence-corrected chi connectivity index (χ4v) is 3.79. The topological polar surface area (TPSA) is 32.3 Å². The van der Waals surface area contributed by atoms with E-state index in [1.54, 1.807) is 0 Å². The molecule has 126 valence electrons. The van der Waals surface area contributed by atoms with E-state index in [1.165, 1.54) is 11.3 Å². The molecular weight excluding hydrogens is 364 g/mol. The van der Waals surface area contributed by atoms with Crippen molar-refractivity contribution >= 4 is 27.5 Å². The van der Waals surface area contributed by atoms with E-state index in [2.05, 4.69) is 57.3 Å². The lowest BCUT2D eigenvalue weighted by Crippen LogP contribution is -2.33. The lowest BCUT2D eigenvalue weighted by atomic mass is 10.1. The minimum Gasteiger partial charge on any atom is -0.368 e. The highest BCUT2D eigenvalue weighted by Crippen LogP contribution is 2.31. The summed E-state index contributed by atoms with van der Waals surface area (Å²) in [6.45, 7) is 3.97. The van der Waals surface area contributed by atoms with Gasteiger partial charge in [-0.05, 0) is 49.1 Å². The van der Waals surface area contributed by atoms with E-state index in [1.807, 2.05) is 24.3 Å². The summed E-state index contributed by atoms with van der Waals surface area (Å²) in [5.74, 6) is 0.0861. The van der Waals surface area contributed by atoms with Gasteiger partial charge in [0.1, 0.15) is 0 Å². The number of fused-ring (bicyclic) bond motifs is 1. The van der Waals surface area contributed by atoms with Gasteiger partial charge in [0, 0.05) is 29.3 Å². The molecule has 1 heterocycles. The second kappa shape index (κ2) is 7.84. The molecule has 0 aromatic heterocycles. The average molecular weight is 387 g/mol. The third kappa shape index (κ3) is 4.18. The third-order valence-corrected chi connectivity index (χ3v) is 4.99. The van der Waals surface area contributed by atoms with Gasteiger partial charge in [0.2, 0.25) is 5.91 Å². The molecule has 0 saturated carbocycles. The zero-order valence-corrected chi connectivity index (χ0v) is 15.6. The fourth-order valence-electron chi connectivity index (χ4n) is 3.34. The van der Waals surface area contributed by atoms with E-state index < -0.39 is 0 Å². The Balaban J connectivity index is 1.43. The SMILES string of the molecule is CC1Cc2ccccc2N1CCCNC(=O)Cc1cccc(Br)c1. The van der Waals surface area contributed by atoms with Crippen LogP contribution < -0.4 is 10.2 Å². The van der Waals surface area contributed by atoms with Gasteiger partial charge >= 0.3 is 0 Å². The number of rotatable bonds is 6. The van der Waals surface area contributed by atoms with Crippen molar-refractivity contribution in [2.45, 2.75) is 32.2 Å². The number of hydrogen-bond acceptors (Lipinski definition) is 2. The van der Waals surface area contributed by atoms with Crippen molar-refractivity contribution in [3.8, 4) is 0 Å². The van der Waals surface area contributed by atoms with Crippen LogP contribution in [0.25, 0.3) is 0 Å². The van der Waals surface area contributed by atoms with E-state index >= 15 is 0 Å². The van der Waals surface area contributed by atoms with E-state index in [9.17, 15) is 4.79 Å². The number of benzene rings is 2. The second-order valence-corrected chi connectivity index (χ2v) is 7.30. The molecule has 3 nitrogen and oxygen atoms in total. The molecule has 1 amide bonds. The zero-order valence-electron chi connectivity index (χ0n) is 14.0. The Morgan fingerprint density at radius 1 is 1.25 bits per heavy atom. The zero-order chi connectivity index (χ0) is 16.9. The lowest BCUT2D eigenvalue weighted by molar-refractivity contribution is -0.120. The molecule has 3 rings (SSSR count). The summed E-state index contributed by atoms with van der Waals surface area (Å²) in [7, 11) is 0. The summed E-state index contributed by atoms with van der Waals surface area (Å²) >= 11 is 3.44. The number of amides is 1. The summed E-state index contributed by atoms with van der Waals surface area (Å²) in [6, 6.07) is 17.1. The van der Waals surface area contributed by atoms with Gasteiger partial charge < -0.3 is 10.2 Å². The van der Waals surface area contributed by atoms with E-state index in [-0.39, 0.29) is 5.91 Å². The predicted octanol–water partition coefficient (Wildman–Crippen LogP) is 3.95. The Kier molecular flexibility index (Phi) is 5.56. The van der Waals surface area contributed by atoms with Crippen molar-refractivity contribution in [2.75, 3.05) is 18.0 Å². The van der Waals surface area contributed by atoms with Crippen LogP contribution in [0.4, 0.5) is 5.69 Å². The van der Waals surface area contributed by atoms with E-state index in [0.29, 0.717) is 12.5 Å². The molecule has 1 N–H and O–H groups in total. The second-order valence-electron chi connectivity index (χ2n) is 6.39. The third-order valence-electron chi connectivity index (χ3n) is 4.50. The van der Waals surface area contributed by atoms with Crippen molar-refractivity contribution in [1.29, 1.82) is 0 Å². The van der Waals surface area contributed by atoms with Crippen molar-refractivity contribution in [2.24, 2.45) is 0 Å². The quantitative estimate of drug-likeness (QED) is 0.762. The Labute approximate surface area is 152 Å². The van der Waals surface area contributed by atoms with Crippen LogP contribution in [-0.2, 0) is 17.6 Å². The number of anilines is 1. The van der Waals surface area contributed by atoms with Gasteiger partial charge in [0.25, 0.3) is 0 Å². The normalized spacial score (nSPS) is 16.1. The monoisotopic (exact) mass is 386 g/mol. The first-order valence-electron chi connectivity index (χ1n) is 8.49. The molecule has 0 aliphatic carbocycles. The summed E-state index contributed by atoms with van der Waals surface area (Å²) in [4.78, 5) is 14.5. The highest BCUT2D eigenvalue weighted by atomic mass is 79.9. The molecule has 24 heavy (non-hydrogen) atoms. The number of nitrogens with one attached hydrogen (secondary N) is 1. The van der Waals surface area contributed by atoms with Gasteiger partial charge in [-0.25, -0.2) is 0 Å². The van der Waals surface area contributed by atoms with Gasteiger partial charge in [0.15, 0.2) is 0 Å². The maximum Gasteiger partial charge on any atom is 0.224 e. The minimum absolute atomic E-state index is 0.0861. The van der Waals surface area contributed by atoms with Crippen LogP contribution in [0, 0.1) is 0 Å². The Morgan fingerprint density at radius 3 is 2.92 bits per heavy atom. The molecule has 0 radical (unpaired) electrons. The molecule has 0 bridgehead atoms. The molecule has 1 aliphatic rings. The average Bonchev–Trinajstić information content (AvgIpc) is 2.87. The molecule has 0 spiro atoms. The smallest absolute Gasteiger partial charge is 0.224 e. The number of hydrogen-bond donors (Lipinski definition) is 1. The summed E-state index contributed by atoms with van der Waals surface area (Å²) in [6.07, 6.45) is 2.51. The molecule has 2 aromatic rings. The van der Waals surface area contributed by atoms with Gasteiger partial charge in [-0.2, -0.15) is 0 Å².